The SMILES string of the molecule is COc1ccc(CNc2nc(Nc3cc(C)[nH]n3)c3ccccc3n2)cc1. The Bertz CT molecular complexity index is 1060. The van der Waals surface area contributed by atoms with Crippen LogP contribution in [0.2, 0.25) is 0 Å². The molecule has 0 saturated heterocycles. The number of H-pyrrole nitrogens is 1. The van der Waals surface area contributed by atoms with Crippen LogP contribution in [-0.2, 0) is 6.54 Å². The molecule has 7 nitrogen and oxygen atoms in total. The van der Waals surface area contributed by atoms with Gasteiger partial charge < -0.3 is 15.4 Å². The highest BCUT2D eigenvalue weighted by molar-refractivity contribution is 5.91. The first-order valence-electron chi connectivity index (χ1n) is 8.64. The molecule has 0 atom stereocenters. The fourth-order valence-electron chi connectivity index (χ4n) is 2.78. The molecule has 2 aromatic heterocycles. The number of hydrogen-bond acceptors (Lipinski definition) is 6. The zero-order valence-electron chi connectivity index (χ0n) is 15.2. The highest BCUT2D eigenvalue weighted by Crippen LogP contribution is 2.25. The summed E-state index contributed by atoms with van der Waals surface area (Å²) < 4.78 is 5.19. The average molecular weight is 360 g/mol. The van der Waals surface area contributed by atoms with Crippen LogP contribution < -0.4 is 15.4 Å². The molecule has 0 aliphatic heterocycles. The standard InChI is InChI=1S/C20H20N6O/c1-13-11-18(26-25-13)23-19-16-5-3-4-6-17(16)22-20(24-19)21-12-14-7-9-15(27-2)10-8-14/h3-11H,12H2,1-2H3,(H3,21,22,23,24,25,26). The molecular weight excluding hydrogens is 340 g/mol. The van der Waals surface area contributed by atoms with E-state index in [4.69, 9.17) is 4.74 Å². The van der Waals surface area contributed by atoms with Gasteiger partial charge >= 0.3 is 0 Å². The zero-order chi connectivity index (χ0) is 18.6. The first-order chi connectivity index (χ1) is 13.2. The van der Waals surface area contributed by atoms with Crippen LogP contribution in [0, 0.1) is 6.92 Å². The summed E-state index contributed by atoms with van der Waals surface area (Å²) >= 11 is 0. The Labute approximate surface area is 156 Å². The van der Waals surface area contributed by atoms with Gasteiger partial charge in [0.1, 0.15) is 11.6 Å². The number of nitrogens with zero attached hydrogens (tertiary/aromatic N) is 3. The summed E-state index contributed by atoms with van der Waals surface area (Å²) in [5.74, 6) is 2.82. The van der Waals surface area contributed by atoms with Crippen LogP contribution in [0.5, 0.6) is 5.75 Å². The number of anilines is 3. The second kappa shape index (κ2) is 7.33. The molecular formula is C20H20N6O. The fraction of sp³-hybridized carbons (Fsp3) is 0.150. The lowest BCUT2D eigenvalue weighted by molar-refractivity contribution is 0.414. The van der Waals surface area contributed by atoms with Crippen LogP contribution in [0.4, 0.5) is 17.6 Å². The molecule has 2 heterocycles. The van der Waals surface area contributed by atoms with Gasteiger partial charge in [-0.15, -0.1) is 0 Å². The quantitative estimate of drug-likeness (QED) is 0.481. The van der Waals surface area contributed by atoms with Crippen LogP contribution in [-0.4, -0.2) is 27.3 Å². The van der Waals surface area contributed by atoms with Gasteiger partial charge in [0, 0.05) is 23.7 Å². The average Bonchev–Trinajstić information content (AvgIpc) is 3.11. The topological polar surface area (TPSA) is 87.8 Å². The van der Waals surface area contributed by atoms with E-state index in [1.54, 1.807) is 7.11 Å². The molecule has 0 fully saturated rings. The highest BCUT2D eigenvalue weighted by Gasteiger charge is 2.09. The molecule has 3 N–H and O–H groups in total. The van der Waals surface area contributed by atoms with Crippen LogP contribution in [0.25, 0.3) is 10.9 Å². The van der Waals surface area contributed by atoms with Crippen LogP contribution in [0.1, 0.15) is 11.3 Å². The minimum atomic E-state index is 0.555. The predicted molar refractivity (Wildman–Crippen MR) is 106 cm³/mol. The van der Waals surface area contributed by atoms with Gasteiger partial charge in [-0.2, -0.15) is 10.1 Å². The molecule has 0 aliphatic carbocycles. The first kappa shape index (κ1) is 16.8. The predicted octanol–water partition coefficient (Wildman–Crippen LogP) is 4.03. The normalized spacial score (nSPS) is 10.7. The van der Waals surface area contributed by atoms with Crippen molar-refractivity contribution in [3.8, 4) is 5.75 Å². The monoisotopic (exact) mass is 360 g/mol. The van der Waals surface area contributed by atoms with Crippen molar-refractivity contribution in [2.24, 2.45) is 0 Å². The molecule has 0 bridgehead atoms. The third-order valence-corrected chi connectivity index (χ3v) is 4.17. The van der Waals surface area contributed by atoms with Gasteiger partial charge in [0.25, 0.3) is 0 Å². The van der Waals surface area contributed by atoms with Crippen molar-refractivity contribution >= 4 is 28.5 Å². The number of hydrogen-bond donors (Lipinski definition) is 3. The summed E-state index contributed by atoms with van der Waals surface area (Å²) in [6, 6.07) is 17.7. The van der Waals surface area contributed by atoms with E-state index < -0.39 is 0 Å². The van der Waals surface area contributed by atoms with E-state index >= 15 is 0 Å². The lowest BCUT2D eigenvalue weighted by Gasteiger charge is -2.11. The molecule has 0 saturated carbocycles. The van der Waals surface area contributed by atoms with E-state index in [1.165, 1.54) is 0 Å². The molecule has 0 spiro atoms. The van der Waals surface area contributed by atoms with Crippen LogP contribution in [0.3, 0.4) is 0 Å². The summed E-state index contributed by atoms with van der Waals surface area (Å²) in [6.07, 6.45) is 0. The molecule has 4 aromatic rings. The summed E-state index contributed by atoms with van der Waals surface area (Å²) in [5, 5.41) is 14.7. The number of aromatic amines is 1. The Balaban J connectivity index is 1.60. The number of aromatic nitrogens is 4. The Morgan fingerprint density at radius 3 is 2.59 bits per heavy atom. The molecule has 0 amide bonds. The van der Waals surface area contributed by atoms with Gasteiger partial charge in [-0.25, -0.2) is 4.98 Å². The van der Waals surface area contributed by atoms with E-state index in [0.717, 1.165) is 33.7 Å². The third-order valence-electron chi connectivity index (χ3n) is 4.17. The summed E-state index contributed by atoms with van der Waals surface area (Å²) in [7, 11) is 1.66. The van der Waals surface area contributed by atoms with Crippen molar-refractivity contribution < 1.29 is 4.74 Å². The first-order valence-corrected chi connectivity index (χ1v) is 8.64. The number of rotatable bonds is 6. The molecule has 7 heteroatoms. The van der Waals surface area contributed by atoms with E-state index in [-0.39, 0.29) is 0 Å². The third kappa shape index (κ3) is 3.82. The molecule has 0 radical (unpaired) electrons. The van der Waals surface area contributed by atoms with Gasteiger partial charge in [0.2, 0.25) is 5.95 Å². The molecule has 4 rings (SSSR count). The van der Waals surface area contributed by atoms with Gasteiger partial charge in [0.15, 0.2) is 5.82 Å². The van der Waals surface area contributed by atoms with E-state index in [1.807, 2.05) is 61.5 Å². The maximum Gasteiger partial charge on any atom is 0.225 e. The number of para-hydroxylation sites is 1. The molecule has 2 aromatic carbocycles. The van der Waals surface area contributed by atoms with Gasteiger partial charge in [0.05, 0.1) is 12.6 Å². The van der Waals surface area contributed by atoms with Crippen molar-refractivity contribution in [2.75, 3.05) is 17.7 Å². The number of methoxy groups -OCH3 is 1. The Hall–Kier alpha value is -3.61. The van der Waals surface area contributed by atoms with Crippen molar-refractivity contribution in [1.29, 1.82) is 0 Å². The second-order valence-corrected chi connectivity index (χ2v) is 6.18. The Morgan fingerprint density at radius 1 is 1.04 bits per heavy atom. The molecule has 0 aliphatic rings. The minimum absolute atomic E-state index is 0.555. The highest BCUT2D eigenvalue weighted by atomic mass is 16.5. The Kier molecular flexibility index (Phi) is 4.57. The smallest absolute Gasteiger partial charge is 0.225 e. The number of ether oxygens (including phenoxy) is 1. The molecule has 27 heavy (non-hydrogen) atoms. The summed E-state index contributed by atoms with van der Waals surface area (Å²) in [4.78, 5) is 9.26. The maximum absolute atomic E-state index is 5.19. The van der Waals surface area contributed by atoms with Crippen molar-refractivity contribution in [3.63, 3.8) is 0 Å². The fourth-order valence-corrected chi connectivity index (χ4v) is 2.78. The second-order valence-electron chi connectivity index (χ2n) is 6.18. The summed E-state index contributed by atoms with van der Waals surface area (Å²) in [6.45, 7) is 2.57. The number of aryl methyl sites for hydroxylation is 1. The molecule has 0 unspecified atom stereocenters. The largest absolute Gasteiger partial charge is 0.497 e. The number of fused-ring (bicyclic) bond motifs is 1. The summed E-state index contributed by atoms with van der Waals surface area (Å²) in [5.41, 5.74) is 2.96. The number of benzene rings is 2. The molecule has 136 valence electrons. The van der Waals surface area contributed by atoms with E-state index in [0.29, 0.717) is 18.3 Å². The van der Waals surface area contributed by atoms with Crippen molar-refractivity contribution in [1.82, 2.24) is 20.2 Å². The minimum Gasteiger partial charge on any atom is -0.497 e. The van der Waals surface area contributed by atoms with E-state index in [2.05, 4.69) is 30.8 Å². The Morgan fingerprint density at radius 2 is 1.85 bits per heavy atom. The van der Waals surface area contributed by atoms with Crippen LogP contribution in [0.15, 0.2) is 54.6 Å². The van der Waals surface area contributed by atoms with Gasteiger partial charge in [-0.1, -0.05) is 24.3 Å². The van der Waals surface area contributed by atoms with Crippen LogP contribution >= 0.6 is 0 Å². The van der Waals surface area contributed by atoms with Gasteiger partial charge in [-0.3, -0.25) is 5.10 Å². The van der Waals surface area contributed by atoms with Crippen molar-refractivity contribution in [3.05, 3.63) is 65.9 Å². The zero-order valence-corrected chi connectivity index (χ0v) is 15.2. The van der Waals surface area contributed by atoms with Crippen molar-refractivity contribution in [2.45, 2.75) is 13.5 Å². The number of nitrogens with one attached hydrogen (secondary N) is 3. The maximum atomic E-state index is 5.19. The lowest BCUT2D eigenvalue weighted by atomic mass is 10.2. The lowest BCUT2D eigenvalue weighted by Crippen LogP contribution is -2.06. The van der Waals surface area contributed by atoms with Gasteiger partial charge in [-0.05, 0) is 36.8 Å². The van der Waals surface area contributed by atoms with E-state index in [9.17, 15) is 0 Å².